The van der Waals surface area contributed by atoms with Gasteiger partial charge in [-0.05, 0) is 50.7 Å². The van der Waals surface area contributed by atoms with Crippen molar-refractivity contribution in [2.24, 2.45) is 0 Å². The molecule has 0 unspecified atom stereocenters. The van der Waals surface area contributed by atoms with Crippen LogP contribution in [0.1, 0.15) is 0 Å². The highest BCUT2D eigenvalue weighted by molar-refractivity contribution is 7.70. The number of likely N-dealkylation sites (N-methyl/N-ethyl adjacent to an activating group) is 1. The molecule has 37 heavy (non-hydrogen) atoms. The number of benzene rings is 2. The standard InChI is InChI=1S/C26H30ClN8OP/c1-33-11-13-34(14-12-33)21-16-29-35(18-21)20-8-6-7-19(15-20)30-26-28-17-22(27)25(32-26)31-23-9-4-5-10-24(23)37(2,3)36/h4-10,15-18H,11-14H2,1-3H3,(H2,28,30,31,32). The van der Waals surface area contributed by atoms with Gasteiger partial charge in [-0.25, -0.2) is 9.67 Å². The molecule has 2 N–H and O–H groups in total. The van der Waals surface area contributed by atoms with E-state index in [0.29, 0.717) is 22.5 Å². The lowest BCUT2D eigenvalue weighted by Crippen LogP contribution is -2.44. The molecule has 1 aliphatic heterocycles. The van der Waals surface area contributed by atoms with Gasteiger partial charge in [-0.15, -0.1) is 0 Å². The van der Waals surface area contributed by atoms with Crippen LogP contribution in [0.4, 0.5) is 28.8 Å². The number of piperazine rings is 1. The number of hydrogen-bond donors (Lipinski definition) is 2. The SMILES string of the molecule is CN1CCN(c2cnn(-c3cccc(Nc4ncc(Cl)c(Nc5ccccc5P(C)(C)=O)n4)c3)c2)CC1. The molecule has 5 rings (SSSR count). The average Bonchev–Trinajstić information content (AvgIpc) is 3.37. The van der Waals surface area contributed by atoms with E-state index in [0.717, 1.165) is 48.5 Å². The molecule has 2 aromatic heterocycles. The van der Waals surface area contributed by atoms with Crippen molar-refractivity contribution in [1.29, 1.82) is 0 Å². The number of para-hydroxylation sites is 1. The predicted octanol–water partition coefficient (Wildman–Crippen LogP) is 4.80. The van der Waals surface area contributed by atoms with E-state index in [4.69, 9.17) is 11.6 Å². The Bertz CT molecular complexity index is 1440. The van der Waals surface area contributed by atoms with Gasteiger partial charge in [-0.2, -0.15) is 10.1 Å². The Morgan fingerprint density at radius 2 is 1.73 bits per heavy atom. The second-order valence-electron chi connectivity index (χ2n) is 9.49. The maximum Gasteiger partial charge on any atom is 0.229 e. The topological polar surface area (TPSA) is 91.2 Å². The van der Waals surface area contributed by atoms with Gasteiger partial charge in [0.25, 0.3) is 0 Å². The highest BCUT2D eigenvalue weighted by Gasteiger charge is 2.18. The molecule has 3 heterocycles. The van der Waals surface area contributed by atoms with Gasteiger partial charge in [0.1, 0.15) is 12.2 Å². The maximum atomic E-state index is 12.7. The zero-order valence-electron chi connectivity index (χ0n) is 21.1. The molecular weight excluding hydrogens is 507 g/mol. The Labute approximate surface area is 221 Å². The minimum atomic E-state index is -2.50. The summed E-state index contributed by atoms with van der Waals surface area (Å²) in [7, 11) is -0.349. The van der Waals surface area contributed by atoms with Crippen LogP contribution in [0, 0.1) is 0 Å². The predicted molar refractivity (Wildman–Crippen MR) is 152 cm³/mol. The van der Waals surface area contributed by atoms with Crippen LogP contribution in [-0.4, -0.2) is 71.2 Å². The Morgan fingerprint density at radius 3 is 2.51 bits per heavy atom. The summed E-state index contributed by atoms with van der Waals surface area (Å²) in [5.74, 6) is 0.816. The third-order valence-corrected chi connectivity index (χ3v) is 8.11. The number of nitrogens with zero attached hydrogens (tertiary/aromatic N) is 6. The van der Waals surface area contributed by atoms with Crippen molar-refractivity contribution in [1.82, 2.24) is 24.6 Å². The van der Waals surface area contributed by atoms with Gasteiger partial charge in [0.2, 0.25) is 5.95 Å². The molecule has 0 radical (unpaired) electrons. The summed E-state index contributed by atoms with van der Waals surface area (Å²) in [5, 5.41) is 12.2. The van der Waals surface area contributed by atoms with Crippen molar-refractivity contribution in [3.63, 3.8) is 0 Å². The first-order valence-electron chi connectivity index (χ1n) is 12.1. The zero-order chi connectivity index (χ0) is 26.0. The van der Waals surface area contributed by atoms with Crippen LogP contribution >= 0.6 is 18.7 Å². The van der Waals surface area contributed by atoms with Gasteiger partial charge in [0, 0.05) is 37.2 Å². The minimum absolute atomic E-state index is 0.365. The molecule has 0 amide bonds. The molecule has 9 nitrogen and oxygen atoms in total. The van der Waals surface area contributed by atoms with Crippen LogP contribution in [0.3, 0.4) is 0 Å². The Kier molecular flexibility index (Phi) is 7.20. The third-order valence-electron chi connectivity index (χ3n) is 6.29. The van der Waals surface area contributed by atoms with E-state index >= 15 is 0 Å². The van der Waals surface area contributed by atoms with Crippen molar-refractivity contribution in [2.75, 3.05) is 62.1 Å². The molecule has 1 saturated heterocycles. The van der Waals surface area contributed by atoms with E-state index in [1.807, 2.05) is 59.4 Å². The van der Waals surface area contributed by atoms with Gasteiger partial charge in [0.15, 0.2) is 5.82 Å². The lowest BCUT2D eigenvalue weighted by Gasteiger charge is -2.32. The molecule has 4 aromatic rings. The molecule has 0 spiro atoms. The highest BCUT2D eigenvalue weighted by atomic mass is 35.5. The normalized spacial score (nSPS) is 14.5. The lowest BCUT2D eigenvalue weighted by molar-refractivity contribution is 0.313. The summed E-state index contributed by atoms with van der Waals surface area (Å²) < 4.78 is 14.6. The lowest BCUT2D eigenvalue weighted by atomic mass is 10.3. The van der Waals surface area contributed by atoms with Crippen molar-refractivity contribution >= 4 is 52.9 Å². The third kappa shape index (κ3) is 5.96. The van der Waals surface area contributed by atoms with Crippen molar-refractivity contribution in [2.45, 2.75) is 0 Å². The van der Waals surface area contributed by atoms with Crippen LogP contribution in [0.5, 0.6) is 0 Å². The van der Waals surface area contributed by atoms with Crippen LogP contribution in [-0.2, 0) is 4.57 Å². The largest absolute Gasteiger partial charge is 0.366 e. The second kappa shape index (κ2) is 10.5. The Hall–Kier alpha value is -3.39. The summed E-state index contributed by atoms with van der Waals surface area (Å²) in [5.41, 5.74) is 3.56. The van der Waals surface area contributed by atoms with Gasteiger partial charge in [0.05, 0.1) is 35.7 Å². The maximum absolute atomic E-state index is 12.7. The fourth-order valence-electron chi connectivity index (χ4n) is 4.23. The fraction of sp³-hybridized carbons (Fsp3) is 0.269. The van der Waals surface area contributed by atoms with E-state index in [2.05, 4.69) is 48.7 Å². The van der Waals surface area contributed by atoms with Crippen molar-refractivity contribution in [3.05, 3.63) is 72.1 Å². The average molecular weight is 537 g/mol. The number of anilines is 5. The smallest absolute Gasteiger partial charge is 0.229 e. The fourth-order valence-corrected chi connectivity index (χ4v) is 5.52. The van der Waals surface area contributed by atoms with E-state index in [9.17, 15) is 4.57 Å². The van der Waals surface area contributed by atoms with Crippen LogP contribution in [0.2, 0.25) is 5.02 Å². The Balaban J connectivity index is 1.34. The quantitative estimate of drug-likeness (QED) is 0.325. The number of hydrogen-bond acceptors (Lipinski definition) is 8. The van der Waals surface area contributed by atoms with Gasteiger partial charge >= 0.3 is 0 Å². The summed E-state index contributed by atoms with van der Waals surface area (Å²) in [4.78, 5) is 13.6. The van der Waals surface area contributed by atoms with E-state index in [-0.39, 0.29) is 0 Å². The van der Waals surface area contributed by atoms with Crippen LogP contribution in [0.15, 0.2) is 67.1 Å². The van der Waals surface area contributed by atoms with E-state index < -0.39 is 7.14 Å². The highest BCUT2D eigenvalue weighted by Crippen LogP contribution is 2.38. The summed E-state index contributed by atoms with van der Waals surface area (Å²) in [6.45, 7) is 7.55. The molecular formula is C26H30ClN8OP. The van der Waals surface area contributed by atoms with Crippen molar-refractivity contribution < 1.29 is 4.57 Å². The molecule has 1 aliphatic rings. The van der Waals surface area contributed by atoms with Crippen molar-refractivity contribution in [3.8, 4) is 5.69 Å². The summed E-state index contributed by atoms with van der Waals surface area (Å²) >= 11 is 6.39. The summed E-state index contributed by atoms with van der Waals surface area (Å²) in [6, 6.07) is 15.4. The molecule has 0 aliphatic carbocycles. The van der Waals surface area contributed by atoms with Crippen LogP contribution < -0.4 is 20.8 Å². The second-order valence-corrected chi connectivity index (χ2v) is 13.1. The molecule has 192 valence electrons. The minimum Gasteiger partial charge on any atom is -0.366 e. The Morgan fingerprint density at radius 1 is 0.946 bits per heavy atom. The number of nitrogens with one attached hydrogen (secondary N) is 2. The monoisotopic (exact) mass is 536 g/mol. The number of rotatable bonds is 7. The van der Waals surface area contributed by atoms with Gasteiger partial charge < -0.3 is 25.0 Å². The molecule has 0 atom stereocenters. The van der Waals surface area contributed by atoms with Gasteiger partial charge in [-0.1, -0.05) is 29.8 Å². The molecule has 11 heteroatoms. The van der Waals surface area contributed by atoms with Gasteiger partial charge in [-0.3, -0.25) is 0 Å². The van der Waals surface area contributed by atoms with E-state index in [1.54, 1.807) is 19.5 Å². The van der Waals surface area contributed by atoms with Crippen LogP contribution in [0.25, 0.3) is 5.69 Å². The first kappa shape index (κ1) is 25.3. The van der Waals surface area contributed by atoms with E-state index in [1.165, 1.54) is 0 Å². The molecule has 0 bridgehead atoms. The molecule has 2 aromatic carbocycles. The number of halogens is 1. The zero-order valence-corrected chi connectivity index (χ0v) is 22.7. The molecule has 1 fully saturated rings. The molecule has 0 saturated carbocycles. The number of aromatic nitrogens is 4. The summed E-state index contributed by atoms with van der Waals surface area (Å²) in [6.07, 6.45) is 5.51. The first-order valence-corrected chi connectivity index (χ1v) is 15.0. The first-order chi connectivity index (χ1) is 17.8.